The van der Waals surface area contributed by atoms with E-state index < -0.39 is 0 Å². The summed E-state index contributed by atoms with van der Waals surface area (Å²) in [6, 6.07) is 1.69. The van der Waals surface area contributed by atoms with Crippen LogP contribution in [0.1, 0.15) is 16.1 Å². The molecule has 2 N–H and O–H groups in total. The predicted molar refractivity (Wildman–Crippen MR) is 49.7 cm³/mol. The Hall–Kier alpha value is -1.65. The third kappa shape index (κ3) is 1.93. The molecule has 0 fully saturated rings. The van der Waals surface area contributed by atoms with E-state index in [0.717, 1.165) is 5.69 Å². The predicted octanol–water partition coefficient (Wildman–Crippen LogP) is 0.186. The van der Waals surface area contributed by atoms with E-state index in [1.807, 2.05) is 0 Å². The second-order valence-corrected chi connectivity index (χ2v) is 2.58. The summed E-state index contributed by atoms with van der Waals surface area (Å²) in [5.74, 6) is 0.326. The number of carbonyl (C=O) groups is 1. The van der Waals surface area contributed by atoms with Crippen LogP contribution in [0.2, 0.25) is 0 Å². The molecule has 0 saturated carbocycles. The number of rotatable bonds is 2. The van der Waals surface area contributed by atoms with Gasteiger partial charge in [-0.25, -0.2) is 0 Å². The molecule has 1 heterocycles. The summed E-state index contributed by atoms with van der Waals surface area (Å²) in [5, 5.41) is 13.0. The van der Waals surface area contributed by atoms with Crippen LogP contribution >= 0.6 is 0 Å². The fraction of sp³-hybridized carbons (Fsp3) is 0.375. The van der Waals surface area contributed by atoms with Gasteiger partial charge >= 0.3 is 0 Å². The first-order chi connectivity index (χ1) is 6.19. The average Bonchev–Trinajstić information content (AvgIpc) is 2.16. The third-order valence-electron chi connectivity index (χ3n) is 1.62. The van der Waals surface area contributed by atoms with Gasteiger partial charge in [0.15, 0.2) is 5.82 Å². The lowest BCUT2D eigenvalue weighted by Gasteiger charge is -2.05. The molecule has 1 aromatic rings. The quantitative estimate of drug-likeness (QED) is 0.681. The van der Waals surface area contributed by atoms with Crippen LogP contribution in [0.25, 0.3) is 0 Å². The fourth-order valence-electron chi connectivity index (χ4n) is 0.981. The van der Waals surface area contributed by atoms with E-state index in [1.165, 1.54) is 0 Å². The zero-order chi connectivity index (χ0) is 9.84. The Balaban J connectivity index is 3.15. The molecule has 1 rings (SSSR count). The first-order valence-electron chi connectivity index (χ1n) is 3.93. The molecule has 13 heavy (non-hydrogen) atoms. The van der Waals surface area contributed by atoms with Crippen LogP contribution in [0.4, 0.5) is 5.82 Å². The van der Waals surface area contributed by atoms with Crippen LogP contribution in [0.3, 0.4) is 0 Å². The summed E-state index contributed by atoms with van der Waals surface area (Å²) in [6.07, 6.45) is 0. The van der Waals surface area contributed by atoms with Crippen molar-refractivity contribution in [2.75, 3.05) is 19.4 Å². The maximum Gasteiger partial charge on any atom is 0.254 e. The van der Waals surface area contributed by atoms with E-state index in [1.54, 1.807) is 27.1 Å². The maximum atomic E-state index is 11.3. The van der Waals surface area contributed by atoms with Crippen LogP contribution in [-0.2, 0) is 0 Å². The van der Waals surface area contributed by atoms with Crippen LogP contribution < -0.4 is 10.6 Å². The monoisotopic (exact) mass is 180 g/mol. The Labute approximate surface area is 76.6 Å². The number of aromatic nitrogens is 2. The molecule has 0 radical (unpaired) electrons. The van der Waals surface area contributed by atoms with Crippen LogP contribution in [0.15, 0.2) is 6.07 Å². The maximum absolute atomic E-state index is 11.3. The molecule has 0 aliphatic rings. The molecular formula is C8H12N4O. The third-order valence-corrected chi connectivity index (χ3v) is 1.62. The fourth-order valence-corrected chi connectivity index (χ4v) is 0.981. The summed E-state index contributed by atoms with van der Waals surface area (Å²) in [5.41, 5.74) is 1.23. The SMILES string of the molecule is CNC(=O)c1cc(C)nnc1NC. The second kappa shape index (κ2) is 3.84. The lowest BCUT2D eigenvalue weighted by molar-refractivity contribution is 0.0963. The van der Waals surface area contributed by atoms with E-state index in [4.69, 9.17) is 0 Å². The standard InChI is InChI=1S/C8H12N4O/c1-5-4-6(8(13)10-3)7(9-2)12-11-5/h4H,1-3H3,(H,9,12)(H,10,13). The molecule has 0 bridgehead atoms. The van der Waals surface area contributed by atoms with Crippen molar-refractivity contribution in [3.8, 4) is 0 Å². The van der Waals surface area contributed by atoms with Crippen LogP contribution in [0, 0.1) is 6.92 Å². The van der Waals surface area contributed by atoms with Crippen molar-refractivity contribution in [2.45, 2.75) is 6.92 Å². The number of anilines is 1. The smallest absolute Gasteiger partial charge is 0.254 e. The topological polar surface area (TPSA) is 66.9 Å². The van der Waals surface area contributed by atoms with E-state index in [9.17, 15) is 4.79 Å². The van der Waals surface area contributed by atoms with Gasteiger partial charge < -0.3 is 10.6 Å². The highest BCUT2D eigenvalue weighted by Crippen LogP contribution is 2.10. The molecule has 0 aliphatic carbocycles. The van der Waals surface area contributed by atoms with Gasteiger partial charge in [-0.1, -0.05) is 0 Å². The molecule has 0 spiro atoms. The highest BCUT2D eigenvalue weighted by Gasteiger charge is 2.10. The molecular weight excluding hydrogens is 168 g/mol. The van der Waals surface area contributed by atoms with Crippen LogP contribution in [-0.4, -0.2) is 30.2 Å². The van der Waals surface area contributed by atoms with E-state index in [-0.39, 0.29) is 5.91 Å². The first-order valence-corrected chi connectivity index (χ1v) is 3.93. The summed E-state index contributed by atoms with van der Waals surface area (Å²) in [4.78, 5) is 11.3. The van der Waals surface area contributed by atoms with Crippen LogP contribution in [0.5, 0.6) is 0 Å². The molecule has 5 heteroatoms. The minimum atomic E-state index is -0.164. The van der Waals surface area contributed by atoms with Crippen molar-refractivity contribution in [2.24, 2.45) is 0 Å². The molecule has 0 saturated heterocycles. The van der Waals surface area contributed by atoms with Gasteiger partial charge in [0.1, 0.15) is 0 Å². The van der Waals surface area contributed by atoms with Gasteiger partial charge in [-0.2, -0.15) is 5.10 Å². The highest BCUT2D eigenvalue weighted by molar-refractivity contribution is 5.98. The molecule has 0 aromatic carbocycles. The van der Waals surface area contributed by atoms with Crippen molar-refractivity contribution in [1.82, 2.24) is 15.5 Å². The molecule has 0 unspecified atom stereocenters. The minimum absolute atomic E-state index is 0.164. The number of aryl methyl sites for hydroxylation is 1. The Kier molecular flexibility index (Phi) is 2.79. The molecule has 0 aliphatic heterocycles. The van der Waals surface area contributed by atoms with Gasteiger partial charge in [0.25, 0.3) is 5.91 Å². The largest absolute Gasteiger partial charge is 0.371 e. The van der Waals surface area contributed by atoms with E-state index >= 15 is 0 Å². The summed E-state index contributed by atoms with van der Waals surface area (Å²) < 4.78 is 0. The van der Waals surface area contributed by atoms with Crippen molar-refractivity contribution < 1.29 is 4.79 Å². The Morgan fingerprint density at radius 1 is 1.38 bits per heavy atom. The zero-order valence-corrected chi connectivity index (χ0v) is 7.88. The molecule has 70 valence electrons. The van der Waals surface area contributed by atoms with E-state index in [2.05, 4.69) is 20.8 Å². The van der Waals surface area contributed by atoms with Crippen molar-refractivity contribution in [3.05, 3.63) is 17.3 Å². The average molecular weight is 180 g/mol. The van der Waals surface area contributed by atoms with Crippen molar-refractivity contribution in [1.29, 1.82) is 0 Å². The van der Waals surface area contributed by atoms with Gasteiger partial charge in [0, 0.05) is 14.1 Å². The van der Waals surface area contributed by atoms with Gasteiger partial charge in [0.05, 0.1) is 11.3 Å². The van der Waals surface area contributed by atoms with Gasteiger partial charge in [-0.05, 0) is 13.0 Å². The molecule has 5 nitrogen and oxygen atoms in total. The lowest BCUT2D eigenvalue weighted by Crippen LogP contribution is -2.20. The molecule has 1 amide bonds. The summed E-state index contributed by atoms with van der Waals surface area (Å²) in [7, 11) is 3.28. The number of amides is 1. The number of nitrogens with zero attached hydrogens (tertiary/aromatic N) is 2. The zero-order valence-electron chi connectivity index (χ0n) is 7.88. The van der Waals surface area contributed by atoms with Crippen molar-refractivity contribution in [3.63, 3.8) is 0 Å². The highest BCUT2D eigenvalue weighted by atomic mass is 16.1. The van der Waals surface area contributed by atoms with Gasteiger partial charge in [0.2, 0.25) is 0 Å². The normalized spacial score (nSPS) is 9.46. The summed E-state index contributed by atoms with van der Waals surface area (Å²) in [6.45, 7) is 1.79. The van der Waals surface area contributed by atoms with E-state index in [0.29, 0.717) is 11.4 Å². The minimum Gasteiger partial charge on any atom is -0.371 e. The number of hydrogen-bond acceptors (Lipinski definition) is 4. The summed E-state index contributed by atoms with van der Waals surface area (Å²) >= 11 is 0. The Bertz CT molecular complexity index is 324. The first kappa shape index (κ1) is 9.44. The van der Waals surface area contributed by atoms with Gasteiger partial charge in [-0.3, -0.25) is 4.79 Å². The number of hydrogen-bond donors (Lipinski definition) is 2. The van der Waals surface area contributed by atoms with Crippen molar-refractivity contribution >= 4 is 11.7 Å². The Morgan fingerprint density at radius 3 is 2.62 bits per heavy atom. The molecule has 0 atom stereocenters. The second-order valence-electron chi connectivity index (χ2n) is 2.58. The Morgan fingerprint density at radius 2 is 2.08 bits per heavy atom. The lowest BCUT2D eigenvalue weighted by atomic mass is 10.2. The number of nitrogens with one attached hydrogen (secondary N) is 2. The van der Waals surface area contributed by atoms with Gasteiger partial charge in [-0.15, -0.1) is 5.10 Å². The number of carbonyl (C=O) groups excluding carboxylic acids is 1. The molecule has 1 aromatic heterocycles.